The first kappa shape index (κ1) is 16.4. The van der Waals surface area contributed by atoms with Crippen molar-refractivity contribution in [3.8, 4) is 0 Å². The van der Waals surface area contributed by atoms with Crippen LogP contribution >= 0.6 is 23.2 Å². The predicted molar refractivity (Wildman–Crippen MR) is 85.9 cm³/mol. The van der Waals surface area contributed by atoms with Gasteiger partial charge in [0.2, 0.25) is 5.91 Å². The number of anilines is 2. The Balaban J connectivity index is 1.91. The summed E-state index contributed by atoms with van der Waals surface area (Å²) >= 11 is 11.9. The van der Waals surface area contributed by atoms with Crippen LogP contribution in [0.1, 0.15) is 6.42 Å². The van der Waals surface area contributed by atoms with Crippen LogP contribution in [0.25, 0.3) is 0 Å². The molecule has 21 heavy (non-hydrogen) atoms. The number of nitrogens with zero attached hydrogens (tertiary/aromatic N) is 1. The van der Waals surface area contributed by atoms with Gasteiger partial charge in [-0.05, 0) is 31.0 Å². The van der Waals surface area contributed by atoms with Crippen molar-refractivity contribution in [1.82, 2.24) is 4.90 Å². The van der Waals surface area contributed by atoms with Crippen molar-refractivity contribution in [2.75, 3.05) is 44.4 Å². The summed E-state index contributed by atoms with van der Waals surface area (Å²) in [5.74, 6) is 0.357. The molecule has 1 saturated heterocycles. The Bertz CT molecular complexity index is 502. The van der Waals surface area contributed by atoms with E-state index in [0.717, 1.165) is 26.1 Å². The van der Waals surface area contributed by atoms with Crippen molar-refractivity contribution < 1.29 is 9.53 Å². The molecule has 0 radical (unpaired) electrons. The Morgan fingerprint density at radius 2 is 2.29 bits per heavy atom. The Kier molecular flexibility index (Phi) is 5.70. The summed E-state index contributed by atoms with van der Waals surface area (Å²) in [5.41, 5.74) is 6.60. The van der Waals surface area contributed by atoms with Gasteiger partial charge >= 0.3 is 0 Å². The highest BCUT2D eigenvalue weighted by atomic mass is 35.5. The summed E-state index contributed by atoms with van der Waals surface area (Å²) in [7, 11) is 1.70. The Morgan fingerprint density at radius 3 is 2.95 bits per heavy atom. The topological polar surface area (TPSA) is 67.6 Å². The standard InChI is InChI=1S/C14H19Cl2N3O2/c1-21-8-9-2-3-19(6-9)7-13(20)18-14-11(16)4-10(15)5-12(14)17/h4-5,9H,2-3,6-8,17H2,1H3,(H,18,20). The number of ether oxygens (including phenoxy) is 1. The van der Waals surface area contributed by atoms with E-state index in [1.54, 1.807) is 19.2 Å². The Labute approximate surface area is 134 Å². The van der Waals surface area contributed by atoms with E-state index in [0.29, 0.717) is 33.9 Å². The first-order valence-corrected chi connectivity index (χ1v) is 7.51. The number of benzene rings is 1. The number of nitrogens with one attached hydrogen (secondary N) is 1. The molecular formula is C14H19Cl2N3O2. The number of carbonyl (C=O) groups excluding carboxylic acids is 1. The number of methoxy groups -OCH3 is 1. The molecule has 1 aliphatic rings. The molecule has 1 aromatic carbocycles. The van der Waals surface area contributed by atoms with E-state index in [1.165, 1.54) is 0 Å². The van der Waals surface area contributed by atoms with Gasteiger partial charge in [-0.2, -0.15) is 0 Å². The van der Waals surface area contributed by atoms with Crippen molar-refractivity contribution in [2.24, 2.45) is 5.92 Å². The highest BCUT2D eigenvalue weighted by Crippen LogP contribution is 2.32. The smallest absolute Gasteiger partial charge is 0.238 e. The number of likely N-dealkylation sites (tertiary alicyclic amines) is 1. The number of halogens is 2. The molecule has 1 heterocycles. The third-order valence-corrected chi connectivity index (χ3v) is 4.01. The second-order valence-corrected chi connectivity index (χ2v) is 6.09. The molecule has 2 rings (SSSR count). The van der Waals surface area contributed by atoms with Gasteiger partial charge in [0.05, 0.1) is 29.5 Å². The van der Waals surface area contributed by atoms with Gasteiger partial charge in [-0.1, -0.05) is 23.2 Å². The number of rotatable bonds is 5. The molecule has 7 heteroatoms. The van der Waals surface area contributed by atoms with Crippen LogP contribution in [0.15, 0.2) is 12.1 Å². The Morgan fingerprint density at radius 1 is 1.52 bits per heavy atom. The number of hydrogen-bond donors (Lipinski definition) is 2. The Hall–Kier alpha value is -1.01. The fourth-order valence-electron chi connectivity index (χ4n) is 2.54. The summed E-state index contributed by atoms with van der Waals surface area (Å²) in [4.78, 5) is 14.2. The van der Waals surface area contributed by atoms with Gasteiger partial charge in [0.25, 0.3) is 0 Å². The van der Waals surface area contributed by atoms with E-state index >= 15 is 0 Å². The molecule has 3 N–H and O–H groups in total. The van der Waals surface area contributed by atoms with Crippen molar-refractivity contribution >= 4 is 40.5 Å². The van der Waals surface area contributed by atoms with E-state index in [4.69, 9.17) is 33.7 Å². The molecule has 1 atom stereocenters. The number of carbonyl (C=O) groups is 1. The van der Waals surface area contributed by atoms with Crippen LogP contribution in [0.5, 0.6) is 0 Å². The van der Waals surface area contributed by atoms with Crippen molar-refractivity contribution in [2.45, 2.75) is 6.42 Å². The largest absolute Gasteiger partial charge is 0.397 e. The lowest BCUT2D eigenvalue weighted by Gasteiger charge is -2.16. The van der Waals surface area contributed by atoms with Crippen molar-refractivity contribution in [3.05, 3.63) is 22.2 Å². The maximum atomic E-state index is 12.1. The van der Waals surface area contributed by atoms with Crippen LogP contribution in [0.3, 0.4) is 0 Å². The number of amides is 1. The minimum absolute atomic E-state index is 0.135. The van der Waals surface area contributed by atoms with E-state index in [2.05, 4.69) is 10.2 Å². The molecule has 116 valence electrons. The third-order valence-electron chi connectivity index (χ3n) is 3.49. The summed E-state index contributed by atoms with van der Waals surface area (Å²) in [6, 6.07) is 3.12. The van der Waals surface area contributed by atoms with E-state index in [1.807, 2.05) is 0 Å². The average Bonchev–Trinajstić information content (AvgIpc) is 2.81. The molecule has 5 nitrogen and oxygen atoms in total. The second kappa shape index (κ2) is 7.31. The summed E-state index contributed by atoms with van der Waals surface area (Å²) in [5, 5.41) is 3.53. The lowest BCUT2D eigenvalue weighted by Crippen LogP contribution is -2.32. The van der Waals surface area contributed by atoms with Gasteiger partial charge in [-0.3, -0.25) is 9.69 Å². The summed E-state index contributed by atoms with van der Waals surface area (Å²) < 4.78 is 5.14. The van der Waals surface area contributed by atoms with Crippen molar-refractivity contribution in [3.63, 3.8) is 0 Å². The summed E-state index contributed by atoms with van der Waals surface area (Å²) in [6.07, 6.45) is 1.05. The monoisotopic (exact) mass is 331 g/mol. The lowest BCUT2D eigenvalue weighted by atomic mass is 10.1. The van der Waals surface area contributed by atoms with Gasteiger partial charge in [0.1, 0.15) is 0 Å². The van der Waals surface area contributed by atoms with E-state index < -0.39 is 0 Å². The molecule has 1 fully saturated rings. The molecule has 0 aromatic heterocycles. The highest BCUT2D eigenvalue weighted by molar-refractivity contribution is 6.37. The van der Waals surface area contributed by atoms with Gasteiger partial charge < -0.3 is 15.8 Å². The van der Waals surface area contributed by atoms with E-state index in [-0.39, 0.29) is 5.91 Å². The molecule has 0 aliphatic carbocycles. The quantitative estimate of drug-likeness (QED) is 0.813. The van der Waals surface area contributed by atoms with Crippen LogP contribution in [0.4, 0.5) is 11.4 Å². The van der Waals surface area contributed by atoms with Crippen LogP contribution in [0.2, 0.25) is 10.0 Å². The molecule has 0 bridgehead atoms. The zero-order chi connectivity index (χ0) is 15.4. The fourth-order valence-corrected chi connectivity index (χ4v) is 3.09. The van der Waals surface area contributed by atoms with Crippen molar-refractivity contribution in [1.29, 1.82) is 0 Å². The van der Waals surface area contributed by atoms with Gasteiger partial charge in [-0.25, -0.2) is 0 Å². The minimum Gasteiger partial charge on any atom is -0.397 e. The van der Waals surface area contributed by atoms with Crippen LogP contribution in [0, 0.1) is 5.92 Å². The first-order valence-electron chi connectivity index (χ1n) is 6.75. The molecule has 1 amide bonds. The number of nitrogens with two attached hydrogens (primary N) is 1. The van der Waals surface area contributed by atoms with Gasteiger partial charge in [-0.15, -0.1) is 0 Å². The zero-order valence-electron chi connectivity index (χ0n) is 11.9. The first-order chi connectivity index (χ1) is 9.99. The molecule has 1 aromatic rings. The molecule has 1 aliphatic heterocycles. The second-order valence-electron chi connectivity index (χ2n) is 5.25. The third kappa shape index (κ3) is 4.48. The van der Waals surface area contributed by atoms with Crippen LogP contribution in [-0.2, 0) is 9.53 Å². The van der Waals surface area contributed by atoms with E-state index in [9.17, 15) is 4.79 Å². The van der Waals surface area contributed by atoms with Crippen LogP contribution < -0.4 is 11.1 Å². The average molecular weight is 332 g/mol. The maximum absolute atomic E-state index is 12.1. The lowest BCUT2D eigenvalue weighted by molar-refractivity contribution is -0.117. The molecule has 1 unspecified atom stereocenters. The minimum atomic E-state index is -0.135. The summed E-state index contributed by atoms with van der Waals surface area (Å²) in [6.45, 7) is 2.81. The highest BCUT2D eigenvalue weighted by Gasteiger charge is 2.24. The molecule has 0 saturated carbocycles. The normalized spacial score (nSPS) is 18.9. The van der Waals surface area contributed by atoms with Gasteiger partial charge in [0.15, 0.2) is 0 Å². The van der Waals surface area contributed by atoms with Gasteiger partial charge in [0, 0.05) is 18.7 Å². The number of nitrogen functional groups attached to an aromatic ring is 1. The number of hydrogen-bond acceptors (Lipinski definition) is 4. The molecular weight excluding hydrogens is 313 g/mol. The molecule has 0 spiro atoms. The fraction of sp³-hybridized carbons (Fsp3) is 0.500. The van der Waals surface area contributed by atoms with Crippen LogP contribution in [-0.4, -0.2) is 44.2 Å². The zero-order valence-corrected chi connectivity index (χ0v) is 13.4. The SMILES string of the molecule is COCC1CCN(CC(=O)Nc2c(N)cc(Cl)cc2Cl)C1. The maximum Gasteiger partial charge on any atom is 0.238 e. The predicted octanol–water partition coefficient (Wildman–Crippen LogP) is 2.48.